The number of carbonyl (C=O) groups excluding carboxylic acids is 2. The summed E-state index contributed by atoms with van der Waals surface area (Å²) in [4.78, 5) is 22.8. The zero-order chi connectivity index (χ0) is 16.9. The van der Waals surface area contributed by atoms with Crippen LogP contribution < -0.4 is 5.32 Å². The van der Waals surface area contributed by atoms with Gasteiger partial charge in [0, 0.05) is 23.1 Å². The summed E-state index contributed by atoms with van der Waals surface area (Å²) in [6.07, 6.45) is 0.164. The number of hydrogen-bond acceptors (Lipinski definition) is 4. The van der Waals surface area contributed by atoms with Gasteiger partial charge in [-0.2, -0.15) is 0 Å². The Morgan fingerprint density at radius 1 is 1.04 bits per heavy atom. The average molecular weight is 323 g/mol. The Labute approximate surface area is 139 Å². The maximum Gasteiger partial charge on any atom is 0.306 e. The van der Waals surface area contributed by atoms with Crippen LogP contribution in [0.4, 0.5) is 5.69 Å². The van der Waals surface area contributed by atoms with Gasteiger partial charge in [-0.05, 0) is 36.4 Å². The summed E-state index contributed by atoms with van der Waals surface area (Å²) < 4.78 is 10.3. The maximum atomic E-state index is 11.8. The molecule has 2 aromatic carbocycles. The minimum absolute atomic E-state index is 0.0689. The Hall–Kier alpha value is -3.08. The Morgan fingerprint density at radius 2 is 1.79 bits per heavy atom. The number of fused-ring (bicyclic) bond motifs is 1. The summed E-state index contributed by atoms with van der Waals surface area (Å²) in [5, 5.41) is 3.80. The van der Waals surface area contributed by atoms with Crippen LogP contribution in [0.15, 0.2) is 59.0 Å². The van der Waals surface area contributed by atoms with Crippen molar-refractivity contribution in [1.29, 1.82) is 0 Å². The Kier molecular flexibility index (Phi) is 4.61. The smallest absolute Gasteiger partial charge is 0.306 e. The molecule has 0 spiro atoms. The molecule has 122 valence electrons. The molecular formula is C19H17NO4. The van der Waals surface area contributed by atoms with Gasteiger partial charge in [0.25, 0.3) is 0 Å². The summed E-state index contributed by atoms with van der Waals surface area (Å²) >= 11 is 0. The van der Waals surface area contributed by atoms with E-state index >= 15 is 0 Å². The zero-order valence-electron chi connectivity index (χ0n) is 13.2. The van der Waals surface area contributed by atoms with Crippen LogP contribution >= 0.6 is 0 Å². The zero-order valence-corrected chi connectivity index (χ0v) is 13.2. The van der Waals surface area contributed by atoms with Crippen LogP contribution in [0, 0.1) is 0 Å². The molecule has 0 fully saturated rings. The second-order valence-corrected chi connectivity index (χ2v) is 5.35. The number of benzene rings is 2. The first-order chi connectivity index (χ1) is 11.7. The van der Waals surface area contributed by atoms with Gasteiger partial charge in [0.1, 0.15) is 11.3 Å². The van der Waals surface area contributed by atoms with Gasteiger partial charge in [-0.15, -0.1) is 0 Å². The van der Waals surface area contributed by atoms with Gasteiger partial charge in [-0.25, -0.2) is 0 Å². The Balaban J connectivity index is 1.67. The lowest BCUT2D eigenvalue weighted by molar-refractivity contribution is -0.141. The second kappa shape index (κ2) is 7.00. The van der Waals surface area contributed by atoms with E-state index in [1.165, 1.54) is 7.11 Å². The molecule has 0 bridgehead atoms. The van der Waals surface area contributed by atoms with Crippen molar-refractivity contribution in [3.8, 4) is 11.3 Å². The van der Waals surface area contributed by atoms with E-state index in [0.717, 1.165) is 22.3 Å². The highest BCUT2D eigenvalue weighted by Crippen LogP contribution is 2.28. The molecule has 0 aliphatic heterocycles. The van der Waals surface area contributed by atoms with Crippen molar-refractivity contribution in [3.05, 3.63) is 54.6 Å². The molecule has 0 radical (unpaired) electrons. The van der Waals surface area contributed by atoms with Crippen molar-refractivity contribution < 1.29 is 18.7 Å². The molecule has 1 amide bonds. The van der Waals surface area contributed by atoms with Crippen molar-refractivity contribution >= 4 is 28.5 Å². The number of nitrogens with one attached hydrogen (secondary N) is 1. The first kappa shape index (κ1) is 15.8. The molecule has 0 saturated heterocycles. The molecule has 24 heavy (non-hydrogen) atoms. The Bertz CT molecular complexity index is 831. The fourth-order valence-corrected chi connectivity index (χ4v) is 2.38. The van der Waals surface area contributed by atoms with Gasteiger partial charge >= 0.3 is 5.97 Å². The number of hydrogen-bond donors (Lipinski definition) is 1. The van der Waals surface area contributed by atoms with E-state index in [1.807, 2.05) is 42.5 Å². The SMILES string of the molecule is COC(=O)CCC(=O)Nc1ccc(-c2cc3ccccc3o2)cc1. The summed E-state index contributed by atoms with van der Waals surface area (Å²) in [5.41, 5.74) is 2.44. The number of para-hydroxylation sites is 1. The van der Waals surface area contributed by atoms with Crippen molar-refractivity contribution in [1.82, 2.24) is 0 Å². The molecule has 0 aliphatic carbocycles. The fourth-order valence-electron chi connectivity index (χ4n) is 2.38. The van der Waals surface area contributed by atoms with E-state index < -0.39 is 5.97 Å². The summed E-state index contributed by atoms with van der Waals surface area (Å²) in [6, 6.07) is 17.2. The lowest BCUT2D eigenvalue weighted by Gasteiger charge is -2.05. The van der Waals surface area contributed by atoms with E-state index in [1.54, 1.807) is 12.1 Å². The number of amides is 1. The largest absolute Gasteiger partial charge is 0.469 e. The number of furan rings is 1. The van der Waals surface area contributed by atoms with E-state index in [2.05, 4.69) is 10.1 Å². The number of esters is 1. The molecule has 0 atom stereocenters. The van der Waals surface area contributed by atoms with Gasteiger partial charge in [-0.3, -0.25) is 9.59 Å². The summed E-state index contributed by atoms with van der Waals surface area (Å²) in [5.74, 6) is 0.155. The number of carbonyl (C=O) groups is 2. The molecule has 1 aromatic heterocycles. The first-order valence-corrected chi connectivity index (χ1v) is 7.61. The van der Waals surface area contributed by atoms with Gasteiger partial charge in [0.05, 0.1) is 13.5 Å². The minimum atomic E-state index is -0.398. The minimum Gasteiger partial charge on any atom is -0.469 e. The number of anilines is 1. The van der Waals surface area contributed by atoms with Crippen LogP contribution in [0.2, 0.25) is 0 Å². The Morgan fingerprint density at radius 3 is 2.50 bits per heavy atom. The predicted octanol–water partition coefficient (Wildman–Crippen LogP) is 3.99. The van der Waals surface area contributed by atoms with E-state index in [-0.39, 0.29) is 18.7 Å². The molecule has 3 rings (SSSR count). The quantitative estimate of drug-likeness (QED) is 0.721. The fraction of sp³-hybridized carbons (Fsp3) is 0.158. The van der Waals surface area contributed by atoms with Crippen LogP contribution in [-0.4, -0.2) is 19.0 Å². The lowest BCUT2D eigenvalue weighted by Crippen LogP contribution is -2.13. The van der Waals surface area contributed by atoms with Crippen LogP contribution in [0.25, 0.3) is 22.3 Å². The summed E-state index contributed by atoms with van der Waals surface area (Å²) in [7, 11) is 1.30. The highest BCUT2D eigenvalue weighted by molar-refractivity contribution is 5.93. The lowest BCUT2D eigenvalue weighted by atomic mass is 10.1. The van der Waals surface area contributed by atoms with E-state index in [9.17, 15) is 9.59 Å². The third-order valence-corrected chi connectivity index (χ3v) is 3.66. The molecule has 0 unspecified atom stereocenters. The molecule has 1 N–H and O–H groups in total. The predicted molar refractivity (Wildman–Crippen MR) is 91.5 cm³/mol. The van der Waals surface area contributed by atoms with Crippen molar-refractivity contribution in [2.24, 2.45) is 0 Å². The van der Waals surface area contributed by atoms with Gasteiger partial charge < -0.3 is 14.5 Å². The van der Waals surface area contributed by atoms with Gasteiger partial charge in [0.2, 0.25) is 5.91 Å². The first-order valence-electron chi connectivity index (χ1n) is 7.61. The molecule has 5 nitrogen and oxygen atoms in total. The standard InChI is InChI=1S/C19H17NO4/c1-23-19(22)11-10-18(21)20-15-8-6-13(7-9-15)17-12-14-4-2-3-5-16(14)24-17/h2-9,12H,10-11H2,1H3,(H,20,21). The molecule has 3 aromatic rings. The van der Waals surface area contributed by atoms with Crippen LogP contribution in [0.5, 0.6) is 0 Å². The molecular weight excluding hydrogens is 306 g/mol. The van der Waals surface area contributed by atoms with Crippen LogP contribution in [0.3, 0.4) is 0 Å². The van der Waals surface area contributed by atoms with Gasteiger partial charge in [0.15, 0.2) is 0 Å². The number of ether oxygens (including phenoxy) is 1. The highest BCUT2D eigenvalue weighted by atomic mass is 16.5. The normalized spacial score (nSPS) is 10.5. The average Bonchev–Trinajstić information content (AvgIpc) is 3.04. The molecule has 5 heteroatoms. The maximum absolute atomic E-state index is 11.8. The molecule has 1 heterocycles. The third-order valence-electron chi connectivity index (χ3n) is 3.66. The second-order valence-electron chi connectivity index (χ2n) is 5.35. The van der Waals surface area contributed by atoms with Crippen LogP contribution in [-0.2, 0) is 14.3 Å². The van der Waals surface area contributed by atoms with E-state index in [4.69, 9.17) is 4.42 Å². The van der Waals surface area contributed by atoms with Crippen molar-refractivity contribution in [3.63, 3.8) is 0 Å². The summed E-state index contributed by atoms with van der Waals surface area (Å²) in [6.45, 7) is 0. The molecule has 0 aliphatic rings. The molecule has 0 saturated carbocycles. The number of methoxy groups -OCH3 is 1. The van der Waals surface area contributed by atoms with E-state index in [0.29, 0.717) is 5.69 Å². The van der Waals surface area contributed by atoms with Crippen molar-refractivity contribution in [2.75, 3.05) is 12.4 Å². The third kappa shape index (κ3) is 3.63. The monoisotopic (exact) mass is 323 g/mol. The van der Waals surface area contributed by atoms with Crippen molar-refractivity contribution in [2.45, 2.75) is 12.8 Å². The van der Waals surface area contributed by atoms with Crippen LogP contribution in [0.1, 0.15) is 12.8 Å². The topological polar surface area (TPSA) is 68.5 Å². The number of rotatable bonds is 5. The van der Waals surface area contributed by atoms with Gasteiger partial charge in [-0.1, -0.05) is 18.2 Å². The highest BCUT2D eigenvalue weighted by Gasteiger charge is 2.08.